The summed E-state index contributed by atoms with van der Waals surface area (Å²) in [7, 11) is 1.42. The third kappa shape index (κ3) is 5.70. The van der Waals surface area contributed by atoms with Gasteiger partial charge in [-0.05, 0) is 60.6 Å². The number of hydrogen-bond donors (Lipinski definition) is 1. The van der Waals surface area contributed by atoms with Crippen LogP contribution in [0.1, 0.15) is 24.0 Å². The Morgan fingerprint density at radius 2 is 1.75 bits per heavy atom. The number of rotatable bonds is 5. The molecule has 7 nitrogen and oxygen atoms in total. The topological polar surface area (TPSA) is 80.8 Å². The zero-order valence-corrected chi connectivity index (χ0v) is 16.0. The largest absolute Gasteiger partial charge is 0.453 e. The summed E-state index contributed by atoms with van der Waals surface area (Å²) in [5.41, 5.74) is 2.80. The first-order valence-electron chi connectivity index (χ1n) is 9.38. The maximum absolute atomic E-state index is 11.9. The van der Waals surface area contributed by atoms with E-state index in [0.717, 1.165) is 37.9 Å². The maximum atomic E-state index is 11.9. The molecule has 1 N–H and O–H groups in total. The summed E-state index contributed by atoms with van der Waals surface area (Å²) in [6.07, 6.45) is 5.49. The second-order valence-electron chi connectivity index (χ2n) is 6.86. The zero-order chi connectivity index (χ0) is 19.8. The predicted octanol–water partition coefficient (Wildman–Crippen LogP) is 3.85. The summed E-state index contributed by atoms with van der Waals surface area (Å²) in [5, 5.41) is 2.73. The molecule has 0 atom stereocenters. The number of benzene rings is 1. The van der Waals surface area contributed by atoms with Gasteiger partial charge < -0.3 is 14.4 Å². The van der Waals surface area contributed by atoms with E-state index in [9.17, 15) is 9.59 Å². The number of nitrogens with one attached hydrogen (secondary N) is 1. The lowest BCUT2D eigenvalue weighted by atomic mass is 9.90. The van der Waals surface area contributed by atoms with Crippen LogP contribution in [0.25, 0.3) is 0 Å². The number of aromatic nitrogens is 1. The van der Waals surface area contributed by atoms with Crippen molar-refractivity contribution in [3.63, 3.8) is 0 Å². The molecule has 0 radical (unpaired) electrons. The Hall–Kier alpha value is -3.09. The molecule has 1 aliphatic rings. The SMILES string of the molecule is COC(=O)N1CCC(Cc2ccc(NC(=O)OCc3ccncc3)cc2)CC1. The van der Waals surface area contributed by atoms with Gasteiger partial charge in [-0.2, -0.15) is 0 Å². The minimum absolute atomic E-state index is 0.205. The number of ether oxygens (including phenoxy) is 2. The summed E-state index contributed by atoms with van der Waals surface area (Å²) in [4.78, 5) is 29.1. The monoisotopic (exact) mass is 383 g/mol. The first-order chi connectivity index (χ1) is 13.6. The van der Waals surface area contributed by atoms with E-state index < -0.39 is 6.09 Å². The molecule has 0 spiro atoms. The number of carbonyl (C=O) groups excluding carboxylic acids is 2. The van der Waals surface area contributed by atoms with Crippen LogP contribution in [0, 0.1) is 5.92 Å². The van der Waals surface area contributed by atoms with E-state index in [2.05, 4.69) is 10.3 Å². The smallest absolute Gasteiger partial charge is 0.411 e. The molecule has 1 aromatic carbocycles. The molecule has 1 saturated heterocycles. The minimum atomic E-state index is -0.486. The molecule has 0 aliphatic carbocycles. The van der Waals surface area contributed by atoms with E-state index in [-0.39, 0.29) is 12.7 Å². The van der Waals surface area contributed by atoms with Crippen LogP contribution in [-0.2, 0) is 22.5 Å². The highest BCUT2D eigenvalue weighted by Crippen LogP contribution is 2.23. The van der Waals surface area contributed by atoms with Gasteiger partial charge in [0.2, 0.25) is 0 Å². The quantitative estimate of drug-likeness (QED) is 0.848. The lowest BCUT2D eigenvalue weighted by molar-refractivity contribution is 0.106. The number of likely N-dealkylation sites (tertiary alicyclic amines) is 1. The lowest BCUT2D eigenvalue weighted by Gasteiger charge is -2.31. The number of nitrogens with zero attached hydrogens (tertiary/aromatic N) is 2. The molecule has 1 aliphatic heterocycles. The Labute approximate surface area is 164 Å². The molecule has 1 fully saturated rings. The van der Waals surface area contributed by atoms with E-state index in [0.29, 0.717) is 11.6 Å². The van der Waals surface area contributed by atoms with Crippen LogP contribution in [-0.4, -0.2) is 42.3 Å². The Bertz CT molecular complexity index is 772. The molecule has 0 saturated carbocycles. The number of methoxy groups -OCH3 is 1. The van der Waals surface area contributed by atoms with Crippen LogP contribution in [0.5, 0.6) is 0 Å². The molecule has 2 aromatic rings. The lowest BCUT2D eigenvalue weighted by Crippen LogP contribution is -2.38. The van der Waals surface area contributed by atoms with Gasteiger partial charge in [0.1, 0.15) is 6.61 Å². The average molecular weight is 383 g/mol. The summed E-state index contributed by atoms with van der Waals surface area (Å²) < 4.78 is 9.97. The first-order valence-corrected chi connectivity index (χ1v) is 9.38. The van der Waals surface area contributed by atoms with Crippen LogP contribution in [0.3, 0.4) is 0 Å². The standard InChI is InChI=1S/C21H25N3O4/c1-27-21(26)24-12-8-17(9-13-24)14-16-2-4-19(5-3-16)23-20(25)28-15-18-6-10-22-11-7-18/h2-7,10-11,17H,8-9,12-15H2,1H3,(H,23,25). The van der Waals surface area contributed by atoms with Crippen molar-refractivity contribution in [1.29, 1.82) is 0 Å². The number of anilines is 1. The molecule has 2 heterocycles. The highest BCUT2D eigenvalue weighted by molar-refractivity contribution is 5.84. The Morgan fingerprint density at radius 3 is 2.39 bits per heavy atom. The fourth-order valence-corrected chi connectivity index (χ4v) is 3.29. The Balaban J connectivity index is 1.42. The molecular formula is C21H25N3O4. The second kappa shape index (κ2) is 9.73. The molecule has 0 unspecified atom stereocenters. The molecule has 3 rings (SSSR count). The van der Waals surface area contributed by atoms with Gasteiger partial charge in [-0.3, -0.25) is 10.3 Å². The third-order valence-electron chi connectivity index (χ3n) is 4.89. The van der Waals surface area contributed by atoms with Gasteiger partial charge in [-0.15, -0.1) is 0 Å². The van der Waals surface area contributed by atoms with Gasteiger partial charge >= 0.3 is 12.2 Å². The highest BCUT2D eigenvalue weighted by atomic mass is 16.5. The molecule has 0 bridgehead atoms. The molecule has 148 valence electrons. The fraction of sp³-hybridized carbons (Fsp3) is 0.381. The predicted molar refractivity (Wildman–Crippen MR) is 105 cm³/mol. The fourth-order valence-electron chi connectivity index (χ4n) is 3.29. The maximum Gasteiger partial charge on any atom is 0.411 e. The molecule has 1 aromatic heterocycles. The van der Waals surface area contributed by atoms with Gasteiger partial charge in [0.05, 0.1) is 7.11 Å². The van der Waals surface area contributed by atoms with Gasteiger partial charge in [0, 0.05) is 31.2 Å². The third-order valence-corrected chi connectivity index (χ3v) is 4.89. The van der Waals surface area contributed by atoms with Gasteiger partial charge in [-0.25, -0.2) is 9.59 Å². The van der Waals surface area contributed by atoms with E-state index in [1.807, 2.05) is 24.3 Å². The summed E-state index contributed by atoms with van der Waals surface area (Å²) in [6, 6.07) is 11.4. The molecular weight excluding hydrogens is 358 g/mol. The van der Waals surface area contributed by atoms with Crippen molar-refractivity contribution < 1.29 is 19.1 Å². The average Bonchev–Trinajstić information content (AvgIpc) is 2.74. The van der Waals surface area contributed by atoms with Gasteiger partial charge in [0.15, 0.2) is 0 Å². The number of amides is 2. The highest BCUT2D eigenvalue weighted by Gasteiger charge is 2.23. The van der Waals surface area contributed by atoms with Crippen LogP contribution in [0.4, 0.5) is 15.3 Å². The van der Waals surface area contributed by atoms with Crippen molar-refractivity contribution >= 4 is 17.9 Å². The van der Waals surface area contributed by atoms with Crippen LogP contribution < -0.4 is 5.32 Å². The van der Waals surface area contributed by atoms with Gasteiger partial charge in [0.25, 0.3) is 0 Å². The Morgan fingerprint density at radius 1 is 1.07 bits per heavy atom. The van der Waals surface area contributed by atoms with Crippen molar-refractivity contribution in [2.24, 2.45) is 5.92 Å². The van der Waals surface area contributed by atoms with Crippen molar-refractivity contribution in [3.05, 3.63) is 59.9 Å². The van der Waals surface area contributed by atoms with E-state index in [4.69, 9.17) is 9.47 Å². The number of pyridine rings is 1. The van der Waals surface area contributed by atoms with Crippen molar-refractivity contribution in [2.75, 3.05) is 25.5 Å². The number of carbonyl (C=O) groups is 2. The number of hydrogen-bond acceptors (Lipinski definition) is 5. The Kier molecular flexibility index (Phi) is 6.84. The number of piperidine rings is 1. The summed E-state index contributed by atoms with van der Waals surface area (Å²) in [6.45, 7) is 1.68. The van der Waals surface area contributed by atoms with Crippen molar-refractivity contribution in [1.82, 2.24) is 9.88 Å². The summed E-state index contributed by atoms with van der Waals surface area (Å²) in [5.74, 6) is 0.546. The van der Waals surface area contributed by atoms with E-state index in [1.165, 1.54) is 12.7 Å². The normalized spacial score (nSPS) is 14.4. The van der Waals surface area contributed by atoms with Crippen LogP contribution >= 0.6 is 0 Å². The van der Waals surface area contributed by atoms with E-state index in [1.54, 1.807) is 29.4 Å². The van der Waals surface area contributed by atoms with Crippen molar-refractivity contribution in [3.8, 4) is 0 Å². The molecule has 2 amide bonds. The second-order valence-corrected chi connectivity index (χ2v) is 6.86. The van der Waals surface area contributed by atoms with Crippen molar-refractivity contribution in [2.45, 2.75) is 25.9 Å². The van der Waals surface area contributed by atoms with E-state index >= 15 is 0 Å². The zero-order valence-electron chi connectivity index (χ0n) is 16.0. The van der Waals surface area contributed by atoms with Crippen LogP contribution in [0.15, 0.2) is 48.8 Å². The minimum Gasteiger partial charge on any atom is -0.453 e. The molecule has 7 heteroatoms. The van der Waals surface area contributed by atoms with Crippen LogP contribution in [0.2, 0.25) is 0 Å². The van der Waals surface area contributed by atoms with Gasteiger partial charge in [-0.1, -0.05) is 12.1 Å². The first kappa shape index (κ1) is 19.7. The molecule has 28 heavy (non-hydrogen) atoms. The summed E-state index contributed by atoms with van der Waals surface area (Å²) >= 11 is 0.